The van der Waals surface area contributed by atoms with E-state index in [1.165, 1.54) is 6.20 Å². The number of nitrogens with zero attached hydrogens (tertiary/aromatic N) is 1. The Kier molecular flexibility index (Phi) is 2.55. The molecule has 0 bridgehead atoms. The van der Waals surface area contributed by atoms with Crippen LogP contribution in [0.5, 0.6) is 0 Å². The maximum Gasteiger partial charge on any atom is 0.102 e. The molecule has 0 unspecified atom stereocenters. The van der Waals surface area contributed by atoms with Gasteiger partial charge in [-0.2, -0.15) is 0 Å². The Balaban J connectivity index is 3.17. The van der Waals surface area contributed by atoms with E-state index in [1.54, 1.807) is 6.07 Å². The third-order valence-corrected chi connectivity index (χ3v) is 2.08. The van der Waals surface area contributed by atoms with Crippen molar-refractivity contribution in [2.24, 2.45) is 0 Å². The molecule has 0 atom stereocenters. The summed E-state index contributed by atoms with van der Waals surface area (Å²) in [5.41, 5.74) is 0. The van der Waals surface area contributed by atoms with Crippen LogP contribution in [-0.4, -0.2) is 4.98 Å². The number of aromatic nitrogens is 1. The van der Waals surface area contributed by atoms with Crippen molar-refractivity contribution in [2.45, 2.75) is 0 Å². The van der Waals surface area contributed by atoms with E-state index in [1.807, 2.05) is 0 Å². The van der Waals surface area contributed by atoms with Crippen LogP contribution in [0.4, 0.5) is 0 Å². The molecule has 1 aromatic heterocycles. The summed E-state index contributed by atoms with van der Waals surface area (Å²) in [4.78, 5) is 3.91. The third-order valence-electron chi connectivity index (χ3n) is 0.775. The summed E-state index contributed by atoms with van der Waals surface area (Å²) in [6.45, 7) is 0. The molecule has 1 rings (SSSR count). The highest BCUT2D eigenvalue weighted by atomic mass is 127. The Morgan fingerprint density at radius 2 is 2.00 bits per heavy atom. The third kappa shape index (κ3) is 1.95. The SMILES string of the molecule is Clc1cnc(I)cc1Cl. The second kappa shape index (κ2) is 3.03. The molecule has 0 fully saturated rings. The fourth-order valence-corrected chi connectivity index (χ4v) is 1.28. The minimum Gasteiger partial charge on any atom is -0.249 e. The molecule has 1 aromatic rings. The average Bonchev–Trinajstić information content (AvgIpc) is 1.80. The maximum atomic E-state index is 5.64. The summed E-state index contributed by atoms with van der Waals surface area (Å²) in [6, 6.07) is 1.71. The van der Waals surface area contributed by atoms with Crippen molar-refractivity contribution < 1.29 is 0 Å². The highest BCUT2D eigenvalue weighted by Crippen LogP contribution is 2.20. The second-order valence-electron chi connectivity index (χ2n) is 1.42. The monoisotopic (exact) mass is 273 g/mol. The molecular formula is C5H2Cl2IN. The molecule has 1 nitrogen and oxygen atoms in total. The predicted octanol–water partition coefficient (Wildman–Crippen LogP) is 2.99. The highest BCUT2D eigenvalue weighted by molar-refractivity contribution is 14.1. The molecule has 0 N–H and O–H groups in total. The molecule has 0 aliphatic carbocycles. The predicted molar refractivity (Wildman–Crippen MR) is 47.0 cm³/mol. The van der Waals surface area contributed by atoms with Gasteiger partial charge in [0.25, 0.3) is 0 Å². The summed E-state index contributed by atoms with van der Waals surface area (Å²) < 4.78 is 0.849. The van der Waals surface area contributed by atoms with Crippen LogP contribution in [0.2, 0.25) is 10.0 Å². The van der Waals surface area contributed by atoms with Crippen molar-refractivity contribution in [3.8, 4) is 0 Å². The quantitative estimate of drug-likeness (QED) is 0.523. The van der Waals surface area contributed by atoms with Gasteiger partial charge in [-0.05, 0) is 28.7 Å². The Bertz CT molecular complexity index is 226. The molecule has 1 heterocycles. The van der Waals surface area contributed by atoms with E-state index in [0.717, 1.165) is 3.70 Å². The van der Waals surface area contributed by atoms with Crippen LogP contribution in [0.15, 0.2) is 12.3 Å². The standard InChI is InChI=1S/C5H2Cl2IN/c6-3-1-5(8)9-2-4(3)7/h1-2H. The van der Waals surface area contributed by atoms with Gasteiger partial charge >= 0.3 is 0 Å². The fraction of sp³-hybridized carbons (Fsp3) is 0. The topological polar surface area (TPSA) is 12.9 Å². The zero-order valence-electron chi connectivity index (χ0n) is 4.24. The van der Waals surface area contributed by atoms with Crippen LogP contribution < -0.4 is 0 Å². The summed E-state index contributed by atoms with van der Waals surface area (Å²) >= 11 is 13.3. The average molecular weight is 274 g/mol. The van der Waals surface area contributed by atoms with Gasteiger partial charge in [0.15, 0.2) is 0 Å². The van der Waals surface area contributed by atoms with Gasteiger partial charge < -0.3 is 0 Å². The summed E-state index contributed by atoms with van der Waals surface area (Å²) in [5, 5.41) is 1.05. The Morgan fingerprint density at radius 1 is 1.33 bits per heavy atom. The largest absolute Gasteiger partial charge is 0.249 e. The number of hydrogen-bond donors (Lipinski definition) is 0. The first-order chi connectivity index (χ1) is 4.20. The van der Waals surface area contributed by atoms with E-state index in [2.05, 4.69) is 27.6 Å². The smallest absolute Gasteiger partial charge is 0.102 e. The van der Waals surface area contributed by atoms with Crippen molar-refractivity contribution >= 4 is 45.8 Å². The van der Waals surface area contributed by atoms with E-state index in [-0.39, 0.29) is 0 Å². The van der Waals surface area contributed by atoms with E-state index < -0.39 is 0 Å². The van der Waals surface area contributed by atoms with Crippen molar-refractivity contribution in [2.75, 3.05) is 0 Å². The van der Waals surface area contributed by atoms with Gasteiger partial charge in [-0.15, -0.1) is 0 Å². The van der Waals surface area contributed by atoms with Crippen molar-refractivity contribution in [3.63, 3.8) is 0 Å². The molecule has 4 heteroatoms. The maximum absolute atomic E-state index is 5.64. The molecule has 0 aliphatic heterocycles. The lowest BCUT2D eigenvalue weighted by atomic mass is 10.5. The lowest BCUT2D eigenvalue weighted by molar-refractivity contribution is 1.27. The van der Waals surface area contributed by atoms with E-state index in [9.17, 15) is 0 Å². The molecule has 0 radical (unpaired) electrons. The van der Waals surface area contributed by atoms with Crippen molar-refractivity contribution in [1.82, 2.24) is 4.98 Å². The number of rotatable bonds is 0. The van der Waals surface area contributed by atoms with E-state index in [0.29, 0.717) is 10.0 Å². The summed E-state index contributed by atoms with van der Waals surface area (Å²) in [5.74, 6) is 0. The molecule has 48 valence electrons. The number of hydrogen-bond acceptors (Lipinski definition) is 1. The minimum atomic E-state index is 0.497. The van der Waals surface area contributed by atoms with Gasteiger partial charge in [-0.1, -0.05) is 23.2 Å². The molecule has 0 saturated heterocycles. The first kappa shape index (κ1) is 7.57. The van der Waals surface area contributed by atoms with Crippen LogP contribution in [0.25, 0.3) is 0 Å². The second-order valence-corrected chi connectivity index (χ2v) is 3.34. The molecule has 0 saturated carbocycles. The normalized spacial score (nSPS) is 9.67. The van der Waals surface area contributed by atoms with E-state index >= 15 is 0 Å². The highest BCUT2D eigenvalue weighted by Gasteiger charge is 1.95. The van der Waals surface area contributed by atoms with Crippen LogP contribution >= 0.6 is 45.8 Å². The molecule has 0 aliphatic rings. The zero-order valence-corrected chi connectivity index (χ0v) is 7.91. The van der Waals surface area contributed by atoms with Crippen LogP contribution in [0.3, 0.4) is 0 Å². The zero-order chi connectivity index (χ0) is 6.85. The van der Waals surface area contributed by atoms with E-state index in [4.69, 9.17) is 23.2 Å². The first-order valence-electron chi connectivity index (χ1n) is 2.16. The minimum absolute atomic E-state index is 0.497. The van der Waals surface area contributed by atoms with Crippen molar-refractivity contribution in [1.29, 1.82) is 0 Å². The molecular weight excluding hydrogens is 272 g/mol. The number of pyridine rings is 1. The van der Waals surface area contributed by atoms with Gasteiger partial charge in [0.05, 0.1) is 10.0 Å². The van der Waals surface area contributed by atoms with Gasteiger partial charge in [0.2, 0.25) is 0 Å². The van der Waals surface area contributed by atoms with Crippen molar-refractivity contribution in [3.05, 3.63) is 26.0 Å². The first-order valence-corrected chi connectivity index (χ1v) is 4.00. The Hall–Kier alpha value is 0.460. The Labute approximate surface area is 76.5 Å². The van der Waals surface area contributed by atoms with Gasteiger partial charge in [0.1, 0.15) is 3.70 Å². The van der Waals surface area contributed by atoms with Crippen LogP contribution in [0.1, 0.15) is 0 Å². The summed E-state index contributed by atoms with van der Waals surface area (Å²) in [6.07, 6.45) is 1.53. The summed E-state index contributed by atoms with van der Waals surface area (Å²) in [7, 11) is 0. The van der Waals surface area contributed by atoms with Crippen LogP contribution in [-0.2, 0) is 0 Å². The fourth-order valence-electron chi connectivity index (χ4n) is 0.391. The Morgan fingerprint density at radius 3 is 2.44 bits per heavy atom. The number of halogens is 3. The van der Waals surface area contributed by atoms with Gasteiger partial charge in [-0.25, -0.2) is 4.98 Å². The lowest BCUT2D eigenvalue weighted by Crippen LogP contribution is -1.77. The van der Waals surface area contributed by atoms with Crippen LogP contribution in [0, 0.1) is 3.70 Å². The lowest BCUT2D eigenvalue weighted by Gasteiger charge is -1.92. The molecule has 0 spiro atoms. The van der Waals surface area contributed by atoms with Gasteiger partial charge in [-0.3, -0.25) is 0 Å². The molecule has 0 amide bonds. The van der Waals surface area contributed by atoms with Gasteiger partial charge in [0, 0.05) is 6.20 Å². The molecule has 9 heavy (non-hydrogen) atoms. The molecule has 0 aromatic carbocycles.